The van der Waals surface area contributed by atoms with Crippen molar-refractivity contribution < 1.29 is 9.84 Å². The van der Waals surface area contributed by atoms with Gasteiger partial charge in [-0.1, -0.05) is 0 Å². The van der Waals surface area contributed by atoms with Gasteiger partial charge in [0.05, 0.1) is 11.7 Å². The smallest absolute Gasteiger partial charge is 0.0877 e. The van der Waals surface area contributed by atoms with Gasteiger partial charge in [-0.2, -0.15) is 0 Å². The molecule has 0 fully saturated rings. The summed E-state index contributed by atoms with van der Waals surface area (Å²) < 4.78 is 4.95. The van der Waals surface area contributed by atoms with Gasteiger partial charge in [-0.3, -0.25) is 0 Å². The van der Waals surface area contributed by atoms with E-state index in [1.54, 1.807) is 14.0 Å². The number of methoxy groups -OCH3 is 1. The van der Waals surface area contributed by atoms with Crippen molar-refractivity contribution in [3.05, 3.63) is 0 Å². The summed E-state index contributed by atoms with van der Waals surface area (Å²) in [7, 11) is 1.59. The van der Waals surface area contributed by atoms with Crippen LogP contribution in [0.25, 0.3) is 0 Å². The molecular weight excluding hydrogens is 104 g/mol. The fourth-order valence-corrected chi connectivity index (χ4v) is 0.171. The van der Waals surface area contributed by atoms with Crippen molar-refractivity contribution in [1.82, 2.24) is 0 Å². The monoisotopic (exact) mass is 118 g/mol. The molecule has 0 saturated heterocycles. The van der Waals surface area contributed by atoms with Crippen molar-refractivity contribution in [2.45, 2.75) is 32.5 Å². The first-order valence-corrected chi connectivity index (χ1v) is 2.74. The summed E-state index contributed by atoms with van der Waals surface area (Å²) >= 11 is 0. The second-order valence-electron chi connectivity index (χ2n) is 2.48. The molecule has 0 rings (SSSR count). The highest BCUT2D eigenvalue weighted by molar-refractivity contribution is 4.73. The zero-order chi connectivity index (χ0) is 6.78. The van der Waals surface area contributed by atoms with Crippen LogP contribution in [0.4, 0.5) is 0 Å². The van der Waals surface area contributed by atoms with E-state index in [2.05, 4.69) is 0 Å². The van der Waals surface area contributed by atoms with E-state index in [9.17, 15) is 0 Å². The Labute approximate surface area is 50.5 Å². The highest BCUT2D eigenvalue weighted by Crippen LogP contribution is 2.11. The van der Waals surface area contributed by atoms with Gasteiger partial charge in [0, 0.05) is 7.11 Å². The molecule has 1 atom stereocenters. The summed E-state index contributed by atoms with van der Waals surface area (Å²) in [6.45, 7) is 5.40. The van der Waals surface area contributed by atoms with E-state index in [4.69, 9.17) is 9.84 Å². The number of rotatable bonds is 2. The van der Waals surface area contributed by atoms with E-state index in [-0.39, 0.29) is 0 Å². The van der Waals surface area contributed by atoms with Crippen LogP contribution in [0.3, 0.4) is 0 Å². The second-order valence-corrected chi connectivity index (χ2v) is 2.48. The zero-order valence-electron chi connectivity index (χ0n) is 5.93. The van der Waals surface area contributed by atoms with Gasteiger partial charge in [0.1, 0.15) is 0 Å². The summed E-state index contributed by atoms with van der Waals surface area (Å²) in [5.41, 5.74) is -0.403. The van der Waals surface area contributed by atoms with Crippen LogP contribution in [0, 0.1) is 0 Å². The number of hydrogen-bond donors (Lipinski definition) is 1. The minimum absolute atomic E-state index is 0.403. The summed E-state index contributed by atoms with van der Waals surface area (Å²) in [5.74, 6) is 0. The molecule has 1 N–H and O–H groups in total. The molecule has 2 heteroatoms. The van der Waals surface area contributed by atoms with Crippen LogP contribution >= 0.6 is 0 Å². The maximum absolute atomic E-state index is 8.96. The molecule has 0 amide bonds. The molecule has 2 nitrogen and oxygen atoms in total. The van der Waals surface area contributed by atoms with Crippen LogP contribution in [0.2, 0.25) is 0 Å². The number of aliphatic hydroxyl groups excluding tert-OH is 1. The molecule has 0 spiro atoms. The molecule has 0 saturated carbocycles. The predicted molar refractivity (Wildman–Crippen MR) is 32.8 cm³/mol. The molecule has 0 radical (unpaired) electrons. The van der Waals surface area contributed by atoms with Crippen LogP contribution in [0.1, 0.15) is 20.8 Å². The highest BCUT2D eigenvalue weighted by Gasteiger charge is 2.22. The lowest BCUT2D eigenvalue weighted by molar-refractivity contribution is -0.0687. The summed E-state index contributed by atoms with van der Waals surface area (Å²) in [4.78, 5) is 0. The molecule has 0 heterocycles. The Kier molecular flexibility index (Phi) is 2.44. The molecule has 0 aliphatic heterocycles. The van der Waals surface area contributed by atoms with Crippen LogP contribution < -0.4 is 0 Å². The van der Waals surface area contributed by atoms with Gasteiger partial charge in [0.25, 0.3) is 0 Å². The van der Waals surface area contributed by atoms with Crippen LogP contribution in [-0.2, 0) is 4.74 Å². The number of ether oxygens (including phenoxy) is 1. The predicted octanol–water partition coefficient (Wildman–Crippen LogP) is 0.792. The van der Waals surface area contributed by atoms with Crippen molar-refractivity contribution in [2.75, 3.05) is 7.11 Å². The lowest BCUT2D eigenvalue weighted by Crippen LogP contribution is -2.35. The maximum Gasteiger partial charge on any atom is 0.0877 e. The summed E-state index contributed by atoms with van der Waals surface area (Å²) in [6.07, 6.45) is -0.410. The molecule has 8 heavy (non-hydrogen) atoms. The molecule has 0 aromatic rings. The Bertz CT molecular complexity index is 66.9. The first-order valence-electron chi connectivity index (χ1n) is 2.74. The fraction of sp³-hybridized carbons (Fsp3) is 1.00. The van der Waals surface area contributed by atoms with E-state index < -0.39 is 11.7 Å². The summed E-state index contributed by atoms with van der Waals surface area (Å²) in [5, 5.41) is 8.96. The molecule has 0 aromatic heterocycles. The van der Waals surface area contributed by atoms with E-state index in [0.717, 1.165) is 0 Å². The van der Waals surface area contributed by atoms with Crippen molar-refractivity contribution in [3.63, 3.8) is 0 Å². The minimum atomic E-state index is -0.410. The van der Waals surface area contributed by atoms with Gasteiger partial charge >= 0.3 is 0 Å². The number of hydrogen-bond acceptors (Lipinski definition) is 2. The van der Waals surface area contributed by atoms with E-state index >= 15 is 0 Å². The average Bonchev–Trinajstić information content (AvgIpc) is 1.67. The minimum Gasteiger partial charge on any atom is -0.390 e. The normalized spacial score (nSPS) is 16.1. The third-order valence-corrected chi connectivity index (χ3v) is 1.53. The van der Waals surface area contributed by atoms with Crippen molar-refractivity contribution in [1.29, 1.82) is 0 Å². The highest BCUT2D eigenvalue weighted by atomic mass is 16.5. The fourth-order valence-electron chi connectivity index (χ4n) is 0.171. The van der Waals surface area contributed by atoms with Gasteiger partial charge in [0.2, 0.25) is 0 Å². The molecule has 0 aliphatic carbocycles. The van der Waals surface area contributed by atoms with Crippen molar-refractivity contribution in [3.8, 4) is 0 Å². The van der Waals surface area contributed by atoms with Gasteiger partial charge < -0.3 is 9.84 Å². The first kappa shape index (κ1) is 7.92. The first-order chi connectivity index (χ1) is 3.50. The van der Waals surface area contributed by atoms with Crippen molar-refractivity contribution >= 4 is 0 Å². The van der Waals surface area contributed by atoms with Gasteiger partial charge in [0.15, 0.2) is 0 Å². The quantitative estimate of drug-likeness (QED) is 0.581. The Hall–Kier alpha value is -0.0800. The Morgan fingerprint density at radius 3 is 1.88 bits per heavy atom. The molecule has 0 bridgehead atoms. The largest absolute Gasteiger partial charge is 0.390 e. The van der Waals surface area contributed by atoms with Crippen LogP contribution in [-0.4, -0.2) is 23.9 Å². The maximum atomic E-state index is 8.96. The molecule has 1 unspecified atom stereocenters. The number of aliphatic hydroxyl groups is 1. The summed E-state index contributed by atoms with van der Waals surface area (Å²) in [6, 6.07) is 0. The molecular formula is C6H14O2. The van der Waals surface area contributed by atoms with Crippen LogP contribution in [0.5, 0.6) is 0 Å². The third-order valence-electron chi connectivity index (χ3n) is 1.53. The topological polar surface area (TPSA) is 29.5 Å². The molecule has 0 aliphatic rings. The van der Waals surface area contributed by atoms with E-state index in [1.165, 1.54) is 0 Å². The Morgan fingerprint density at radius 2 is 1.88 bits per heavy atom. The van der Waals surface area contributed by atoms with Gasteiger partial charge in [-0.25, -0.2) is 0 Å². The second kappa shape index (κ2) is 2.46. The Balaban J connectivity index is 3.71. The van der Waals surface area contributed by atoms with Gasteiger partial charge in [-0.05, 0) is 20.8 Å². The van der Waals surface area contributed by atoms with Crippen molar-refractivity contribution in [2.24, 2.45) is 0 Å². The van der Waals surface area contributed by atoms with Gasteiger partial charge in [-0.15, -0.1) is 0 Å². The Morgan fingerprint density at radius 1 is 1.50 bits per heavy atom. The lowest BCUT2D eigenvalue weighted by atomic mass is 10.0. The van der Waals surface area contributed by atoms with E-state index in [1.807, 2.05) is 13.8 Å². The van der Waals surface area contributed by atoms with E-state index in [0.29, 0.717) is 0 Å². The average molecular weight is 118 g/mol. The molecule has 0 aromatic carbocycles. The standard InChI is InChI=1S/C6H14O2/c1-5(7)6(2,3)8-4/h5,7H,1-4H3. The SMILES string of the molecule is COC(C)(C)C(C)O. The zero-order valence-corrected chi connectivity index (χ0v) is 5.93. The third kappa shape index (κ3) is 1.80. The lowest BCUT2D eigenvalue weighted by Gasteiger charge is -2.25. The van der Waals surface area contributed by atoms with Crippen LogP contribution in [0.15, 0.2) is 0 Å². The molecule has 50 valence electrons.